The van der Waals surface area contributed by atoms with Crippen LogP contribution in [0.15, 0.2) is 47.9 Å². The molecule has 2 atom stereocenters. The third-order valence-corrected chi connectivity index (χ3v) is 8.81. The Hall–Kier alpha value is -4.84. The number of fused-ring (bicyclic) bond motifs is 5. The maximum atomic E-state index is 16.2. The van der Waals surface area contributed by atoms with E-state index in [9.17, 15) is 14.4 Å². The summed E-state index contributed by atoms with van der Waals surface area (Å²) in [7, 11) is 1.52. The standard InChI is InChI=1S/C32H32ClFN8O3/c1-7-23(43)40-14-21-31(44)39(6)29-28(41(21)13-17(40)5)18-12-20(34)26(25-19(33)8-9-22(35)37-25)38-30(18)42(32(29)45)27-16(4)10-11-36-24(27)15(2)3/h7-12,15,17,21H,1,13-14H2,2-6H3,(H2,35,37)/t17-,21-/m1/s1. The van der Waals surface area contributed by atoms with E-state index in [4.69, 9.17) is 22.3 Å². The Labute approximate surface area is 263 Å². The number of rotatable bonds is 4. The molecule has 0 unspecified atom stereocenters. The molecule has 2 amide bonds. The topological polar surface area (TPSA) is 131 Å². The molecule has 2 aliphatic rings. The first-order valence-electron chi connectivity index (χ1n) is 14.5. The molecule has 1 saturated heterocycles. The Morgan fingerprint density at radius 2 is 1.87 bits per heavy atom. The highest BCUT2D eigenvalue weighted by molar-refractivity contribution is 6.33. The second kappa shape index (κ2) is 11.0. The zero-order chi connectivity index (χ0) is 32.5. The Balaban J connectivity index is 1.75. The van der Waals surface area contributed by atoms with Gasteiger partial charge in [0.15, 0.2) is 11.5 Å². The Kier molecular flexibility index (Phi) is 7.35. The van der Waals surface area contributed by atoms with Gasteiger partial charge in [0.2, 0.25) is 5.91 Å². The summed E-state index contributed by atoms with van der Waals surface area (Å²) >= 11 is 6.45. The van der Waals surface area contributed by atoms with Crippen molar-refractivity contribution in [2.24, 2.45) is 0 Å². The van der Waals surface area contributed by atoms with E-state index in [2.05, 4.69) is 16.5 Å². The van der Waals surface area contributed by atoms with Crippen molar-refractivity contribution in [2.45, 2.75) is 45.7 Å². The van der Waals surface area contributed by atoms with Gasteiger partial charge in [-0.2, -0.15) is 0 Å². The van der Waals surface area contributed by atoms with Gasteiger partial charge in [-0.25, -0.2) is 14.4 Å². The summed E-state index contributed by atoms with van der Waals surface area (Å²) in [4.78, 5) is 59.6. The molecule has 0 aromatic carbocycles. The van der Waals surface area contributed by atoms with E-state index in [1.165, 1.54) is 40.8 Å². The molecule has 0 bridgehead atoms. The van der Waals surface area contributed by atoms with Gasteiger partial charge in [-0.15, -0.1) is 0 Å². The molecule has 0 aliphatic carbocycles. The molecule has 2 aliphatic heterocycles. The SMILES string of the molecule is C=CC(=O)N1C[C@@H]2C(=O)N(C)c3c(c4cc(F)c(-c5nc(N)ccc5Cl)nc4n(-c4c(C)ccnc4C(C)C)c3=O)N2C[C@H]1C. The van der Waals surface area contributed by atoms with E-state index < -0.39 is 17.4 Å². The first kappa shape index (κ1) is 30.2. The first-order valence-corrected chi connectivity index (χ1v) is 14.9. The van der Waals surface area contributed by atoms with Gasteiger partial charge in [-0.3, -0.25) is 23.9 Å². The normalized spacial score (nSPS) is 18.0. The number of hydrogen-bond donors (Lipinski definition) is 1. The van der Waals surface area contributed by atoms with E-state index in [0.717, 1.165) is 5.56 Å². The Morgan fingerprint density at radius 1 is 1.13 bits per heavy atom. The fourth-order valence-electron chi connectivity index (χ4n) is 6.32. The number of carbonyl (C=O) groups is 2. The summed E-state index contributed by atoms with van der Waals surface area (Å²) in [6.45, 7) is 11.5. The highest BCUT2D eigenvalue weighted by Crippen LogP contribution is 2.43. The number of carbonyl (C=O) groups excluding carboxylic acids is 2. The van der Waals surface area contributed by atoms with E-state index in [1.54, 1.807) is 22.1 Å². The summed E-state index contributed by atoms with van der Waals surface area (Å²) in [5, 5.41) is 0.424. The fraction of sp³-hybridized carbons (Fsp3) is 0.312. The highest BCUT2D eigenvalue weighted by atomic mass is 35.5. The van der Waals surface area contributed by atoms with Gasteiger partial charge in [0.1, 0.15) is 28.9 Å². The van der Waals surface area contributed by atoms with Crippen molar-refractivity contribution < 1.29 is 14.0 Å². The number of nitrogen functional groups attached to an aromatic ring is 1. The number of piperazine rings is 1. The zero-order valence-electron chi connectivity index (χ0n) is 25.5. The summed E-state index contributed by atoms with van der Waals surface area (Å²) in [6.07, 6.45) is 2.88. The third-order valence-electron chi connectivity index (χ3n) is 8.50. The lowest BCUT2D eigenvalue weighted by molar-refractivity contribution is -0.130. The van der Waals surface area contributed by atoms with Crippen LogP contribution in [0.3, 0.4) is 0 Å². The number of aromatic nitrogens is 4. The molecule has 232 valence electrons. The predicted octanol–water partition coefficient (Wildman–Crippen LogP) is 4.22. The van der Waals surface area contributed by atoms with Crippen molar-refractivity contribution in [2.75, 3.05) is 35.7 Å². The Morgan fingerprint density at radius 3 is 2.56 bits per heavy atom. The van der Waals surface area contributed by atoms with Crippen LogP contribution in [0.2, 0.25) is 5.02 Å². The largest absolute Gasteiger partial charge is 0.384 e. The molecule has 45 heavy (non-hydrogen) atoms. The van der Waals surface area contributed by atoms with Crippen LogP contribution in [0.5, 0.6) is 0 Å². The lowest BCUT2D eigenvalue weighted by atomic mass is 9.98. The number of aryl methyl sites for hydroxylation is 1. The maximum Gasteiger partial charge on any atom is 0.283 e. The van der Waals surface area contributed by atoms with Gasteiger partial charge in [0.05, 0.1) is 28.6 Å². The molecule has 1 fully saturated rings. The minimum absolute atomic E-state index is 0.0233. The van der Waals surface area contributed by atoms with Crippen LogP contribution in [-0.4, -0.2) is 68.5 Å². The number of hydrogen-bond acceptors (Lipinski definition) is 8. The van der Waals surface area contributed by atoms with Gasteiger partial charge in [-0.05, 0) is 55.7 Å². The highest BCUT2D eigenvalue weighted by Gasteiger charge is 2.46. The summed E-state index contributed by atoms with van der Waals surface area (Å²) < 4.78 is 17.6. The molecular weight excluding hydrogens is 599 g/mol. The molecule has 0 radical (unpaired) electrons. The van der Waals surface area contributed by atoms with Crippen LogP contribution in [0.1, 0.15) is 37.9 Å². The van der Waals surface area contributed by atoms with E-state index >= 15 is 4.39 Å². The molecule has 4 aromatic heterocycles. The van der Waals surface area contributed by atoms with Crippen LogP contribution < -0.4 is 21.1 Å². The van der Waals surface area contributed by atoms with Crippen LogP contribution in [0.4, 0.5) is 21.6 Å². The number of amides is 2. The number of anilines is 3. The molecule has 6 rings (SSSR count). The average molecular weight is 631 g/mol. The van der Waals surface area contributed by atoms with Crippen LogP contribution >= 0.6 is 11.6 Å². The van der Waals surface area contributed by atoms with Gasteiger partial charge in [-0.1, -0.05) is 32.0 Å². The van der Waals surface area contributed by atoms with Gasteiger partial charge >= 0.3 is 0 Å². The molecule has 6 heterocycles. The fourth-order valence-corrected chi connectivity index (χ4v) is 6.52. The van der Waals surface area contributed by atoms with Gasteiger partial charge in [0.25, 0.3) is 11.5 Å². The quantitative estimate of drug-likeness (QED) is 0.332. The maximum absolute atomic E-state index is 16.2. The summed E-state index contributed by atoms with van der Waals surface area (Å²) in [5.41, 5.74) is 7.64. The molecule has 13 heteroatoms. The number of halogens is 2. The predicted molar refractivity (Wildman–Crippen MR) is 172 cm³/mol. The third kappa shape index (κ3) is 4.62. The number of likely N-dealkylation sites (N-methyl/N-ethyl adjacent to an activating group) is 1. The number of pyridine rings is 4. The van der Waals surface area contributed by atoms with Crippen LogP contribution in [0.25, 0.3) is 28.1 Å². The van der Waals surface area contributed by atoms with Crippen LogP contribution in [-0.2, 0) is 9.59 Å². The van der Waals surface area contributed by atoms with Gasteiger partial charge in [0, 0.05) is 31.2 Å². The van der Waals surface area contributed by atoms with E-state index in [1.807, 2.05) is 27.7 Å². The summed E-state index contributed by atoms with van der Waals surface area (Å²) in [5.74, 6) is -1.39. The van der Waals surface area contributed by atoms with Crippen LogP contribution in [0, 0.1) is 12.7 Å². The van der Waals surface area contributed by atoms with Crippen molar-refractivity contribution in [1.29, 1.82) is 0 Å². The lowest BCUT2D eigenvalue weighted by Gasteiger charge is -2.49. The van der Waals surface area contributed by atoms with Crippen molar-refractivity contribution in [3.05, 3.63) is 75.6 Å². The first-order chi connectivity index (χ1) is 21.3. The smallest absolute Gasteiger partial charge is 0.283 e. The molecule has 0 spiro atoms. The minimum atomic E-state index is -0.819. The van der Waals surface area contributed by atoms with Gasteiger partial charge < -0.3 is 20.4 Å². The van der Waals surface area contributed by atoms with Crippen molar-refractivity contribution in [3.8, 4) is 17.1 Å². The molecule has 2 N–H and O–H groups in total. The average Bonchev–Trinajstić information content (AvgIpc) is 3.00. The molecular formula is C32H32ClFN8O3. The second-order valence-electron chi connectivity index (χ2n) is 11.7. The minimum Gasteiger partial charge on any atom is -0.384 e. The van der Waals surface area contributed by atoms with Crippen molar-refractivity contribution in [1.82, 2.24) is 24.4 Å². The number of nitrogens with zero attached hydrogens (tertiary/aromatic N) is 7. The molecule has 4 aromatic rings. The number of nitrogens with two attached hydrogens (primary N) is 1. The second-order valence-corrected chi connectivity index (χ2v) is 12.1. The monoisotopic (exact) mass is 630 g/mol. The molecule has 11 nitrogen and oxygen atoms in total. The lowest BCUT2D eigenvalue weighted by Crippen LogP contribution is -2.66. The Bertz CT molecular complexity index is 1990. The molecule has 0 saturated carbocycles. The van der Waals surface area contributed by atoms with E-state index in [0.29, 0.717) is 22.5 Å². The van der Waals surface area contributed by atoms with Crippen molar-refractivity contribution in [3.63, 3.8) is 0 Å². The van der Waals surface area contributed by atoms with E-state index in [-0.39, 0.29) is 70.4 Å². The van der Waals surface area contributed by atoms with Crippen molar-refractivity contribution >= 4 is 51.6 Å². The summed E-state index contributed by atoms with van der Waals surface area (Å²) in [6, 6.07) is 4.91. The zero-order valence-corrected chi connectivity index (χ0v) is 26.3.